The van der Waals surface area contributed by atoms with E-state index in [9.17, 15) is 9.59 Å². The van der Waals surface area contributed by atoms with Crippen molar-refractivity contribution in [2.75, 3.05) is 11.4 Å². The molecule has 1 fully saturated rings. The Morgan fingerprint density at radius 1 is 1.38 bits per heavy atom. The van der Waals surface area contributed by atoms with Crippen molar-refractivity contribution in [3.63, 3.8) is 0 Å². The fourth-order valence-electron chi connectivity index (χ4n) is 1.73. The summed E-state index contributed by atoms with van der Waals surface area (Å²) in [5, 5.41) is 9.63. The Labute approximate surface area is 97.4 Å². The number of rotatable bonds is 2. The first-order valence-electron chi connectivity index (χ1n) is 4.83. The van der Waals surface area contributed by atoms with E-state index in [2.05, 4.69) is 0 Å². The fraction of sp³-hybridized carbons (Fsp3) is 0.273. The number of anilines is 1. The average molecular weight is 240 g/mol. The predicted molar refractivity (Wildman–Crippen MR) is 59.4 cm³/mol. The smallest absolute Gasteiger partial charge is 0.234 e. The van der Waals surface area contributed by atoms with Crippen molar-refractivity contribution in [3.05, 3.63) is 28.8 Å². The van der Waals surface area contributed by atoms with Gasteiger partial charge in [0.05, 0.1) is 25.3 Å². The van der Waals surface area contributed by atoms with E-state index in [0.29, 0.717) is 16.3 Å². The molecule has 1 heterocycles. The van der Waals surface area contributed by atoms with Gasteiger partial charge >= 0.3 is 0 Å². The van der Waals surface area contributed by atoms with E-state index in [0.717, 1.165) is 0 Å². The Balaban J connectivity index is 2.42. The lowest BCUT2D eigenvalue weighted by Crippen LogP contribution is -2.25. The summed E-state index contributed by atoms with van der Waals surface area (Å²) in [5.74, 6) is -0.365. The Morgan fingerprint density at radius 3 is 2.69 bits per heavy atom. The normalized spacial score (nSPS) is 16.0. The summed E-state index contributed by atoms with van der Waals surface area (Å²) in [4.78, 5) is 24.1. The SMILES string of the molecule is O=C1CC(=O)N(c2cc(Cl)ccc2CO)C1. The van der Waals surface area contributed by atoms with E-state index < -0.39 is 0 Å². The molecule has 4 nitrogen and oxygen atoms in total. The summed E-state index contributed by atoms with van der Waals surface area (Å²) in [6.07, 6.45) is -0.0720. The second kappa shape index (κ2) is 4.23. The zero-order valence-electron chi connectivity index (χ0n) is 8.44. The summed E-state index contributed by atoms with van der Waals surface area (Å²) < 4.78 is 0. The molecule has 2 rings (SSSR count). The molecular weight excluding hydrogens is 230 g/mol. The molecule has 1 saturated heterocycles. The van der Waals surface area contributed by atoms with Crippen molar-refractivity contribution >= 4 is 29.0 Å². The van der Waals surface area contributed by atoms with Crippen LogP contribution in [0.5, 0.6) is 0 Å². The van der Waals surface area contributed by atoms with Crippen LogP contribution in [0.2, 0.25) is 5.02 Å². The van der Waals surface area contributed by atoms with Crippen LogP contribution in [0.4, 0.5) is 5.69 Å². The van der Waals surface area contributed by atoms with Crippen LogP contribution in [-0.2, 0) is 16.2 Å². The van der Waals surface area contributed by atoms with Crippen molar-refractivity contribution in [3.8, 4) is 0 Å². The first-order valence-corrected chi connectivity index (χ1v) is 5.21. The maximum Gasteiger partial charge on any atom is 0.234 e. The van der Waals surface area contributed by atoms with Gasteiger partial charge in [-0.1, -0.05) is 17.7 Å². The average Bonchev–Trinajstić information content (AvgIpc) is 2.57. The minimum Gasteiger partial charge on any atom is -0.392 e. The number of hydrogen-bond acceptors (Lipinski definition) is 3. The number of ketones is 1. The summed E-state index contributed by atoms with van der Waals surface area (Å²) in [6, 6.07) is 4.87. The van der Waals surface area contributed by atoms with Gasteiger partial charge in [0.1, 0.15) is 0 Å². The highest BCUT2D eigenvalue weighted by atomic mass is 35.5. The van der Waals surface area contributed by atoms with Crippen LogP contribution in [0.25, 0.3) is 0 Å². The molecule has 16 heavy (non-hydrogen) atoms. The Kier molecular flexibility index (Phi) is 2.94. The molecule has 0 aromatic heterocycles. The maximum atomic E-state index is 11.5. The molecular formula is C11H10ClNO3. The Bertz CT molecular complexity index is 459. The molecule has 0 saturated carbocycles. The third kappa shape index (κ3) is 1.94. The highest BCUT2D eigenvalue weighted by Crippen LogP contribution is 2.27. The predicted octanol–water partition coefficient (Wildman–Crippen LogP) is 1.14. The van der Waals surface area contributed by atoms with Crippen molar-refractivity contribution in [2.24, 2.45) is 0 Å². The molecule has 1 aromatic carbocycles. The molecule has 0 unspecified atom stereocenters. The molecule has 5 heteroatoms. The third-order valence-electron chi connectivity index (χ3n) is 2.49. The van der Waals surface area contributed by atoms with E-state index in [-0.39, 0.29) is 31.3 Å². The molecule has 84 valence electrons. The summed E-state index contributed by atoms with van der Waals surface area (Å²) in [5.41, 5.74) is 1.11. The van der Waals surface area contributed by atoms with Gasteiger partial charge in [-0.05, 0) is 12.1 Å². The maximum absolute atomic E-state index is 11.5. The first kappa shape index (κ1) is 11.1. The van der Waals surface area contributed by atoms with E-state index in [4.69, 9.17) is 16.7 Å². The number of hydrogen-bond donors (Lipinski definition) is 1. The van der Waals surface area contributed by atoms with E-state index in [1.807, 2.05) is 0 Å². The van der Waals surface area contributed by atoms with Crippen molar-refractivity contribution < 1.29 is 14.7 Å². The fourth-order valence-corrected chi connectivity index (χ4v) is 1.89. The second-order valence-corrected chi connectivity index (χ2v) is 4.06. The standard InChI is InChI=1S/C11H10ClNO3/c12-8-2-1-7(6-14)10(3-8)13-5-9(15)4-11(13)16/h1-3,14H,4-6H2. The van der Waals surface area contributed by atoms with Crippen molar-refractivity contribution in [2.45, 2.75) is 13.0 Å². The number of halogens is 1. The molecule has 1 N–H and O–H groups in total. The van der Waals surface area contributed by atoms with Gasteiger partial charge in [-0.2, -0.15) is 0 Å². The molecule has 1 aromatic rings. The molecule has 0 aliphatic carbocycles. The topological polar surface area (TPSA) is 57.6 Å². The van der Waals surface area contributed by atoms with Gasteiger partial charge in [-0.25, -0.2) is 0 Å². The van der Waals surface area contributed by atoms with Crippen molar-refractivity contribution in [1.82, 2.24) is 0 Å². The van der Waals surface area contributed by atoms with Crippen LogP contribution >= 0.6 is 11.6 Å². The van der Waals surface area contributed by atoms with Gasteiger partial charge in [-0.15, -0.1) is 0 Å². The molecule has 1 amide bonds. The largest absolute Gasteiger partial charge is 0.392 e. The van der Waals surface area contributed by atoms with Gasteiger partial charge in [0.25, 0.3) is 0 Å². The zero-order chi connectivity index (χ0) is 11.7. The highest BCUT2D eigenvalue weighted by molar-refractivity contribution is 6.31. The molecule has 0 spiro atoms. The number of aliphatic hydroxyl groups excluding tert-OH is 1. The quantitative estimate of drug-likeness (QED) is 0.788. The third-order valence-corrected chi connectivity index (χ3v) is 2.73. The molecule has 0 bridgehead atoms. The number of aliphatic hydroxyl groups is 1. The zero-order valence-corrected chi connectivity index (χ0v) is 9.20. The van der Waals surface area contributed by atoms with Crippen molar-refractivity contribution in [1.29, 1.82) is 0 Å². The number of benzene rings is 1. The monoisotopic (exact) mass is 239 g/mol. The summed E-state index contributed by atoms with van der Waals surface area (Å²) >= 11 is 5.83. The van der Waals surface area contributed by atoms with E-state index in [1.165, 1.54) is 4.90 Å². The van der Waals surface area contributed by atoms with E-state index >= 15 is 0 Å². The number of Topliss-reactive ketones (excluding diaryl/α,β-unsaturated/α-hetero) is 1. The van der Waals surface area contributed by atoms with Crippen LogP contribution in [-0.4, -0.2) is 23.3 Å². The van der Waals surface area contributed by atoms with Gasteiger partial charge in [-0.3, -0.25) is 9.59 Å². The molecule has 1 aliphatic rings. The van der Waals surface area contributed by atoms with Crippen LogP contribution < -0.4 is 4.90 Å². The van der Waals surface area contributed by atoms with Crippen LogP contribution in [0, 0.1) is 0 Å². The van der Waals surface area contributed by atoms with Crippen LogP contribution in [0.15, 0.2) is 18.2 Å². The van der Waals surface area contributed by atoms with Gasteiger partial charge in [0.2, 0.25) is 5.91 Å². The minimum absolute atomic E-state index is 0.0617. The molecule has 1 aliphatic heterocycles. The van der Waals surface area contributed by atoms with Crippen LogP contribution in [0.1, 0.15) is 12.0 Å². The van der Waals surface area contributed by atoms with E-state index in [1.54, 1.807) is 18.2 Å². The Morgan fingerprint density at radius 2 is 2.12 bits per heavy atom. The lowest BCUT2D eigenvalue weighted by atomic mass is 10.1. The molecule has 0 atom stereocenters. The molecule has 0 radical (unpaired) electrons. The first-order chi connectivity index (χ1) is 7.61. The lowest BCUT2D eigenvalue weighted by molar-refractivity contribution is -0.121. The van der Waals surface area contributed by atoms with Gasteiger partial charge < -0.3 is 10.0 Å². The number of carbonyl (C=O) groups is 2. The number of amides is 1. The van der Waals surface area contributed by atoms with Gasteiger partial charge in [0.15, 0.2) is 5.78 Å². The number of nitrogens with zero attached hydrogens (tertiary/aromatic N) is 1. The van der Waals surface area contributed by atoms with Crippen LogP contribution in [0.3, 0.4) is 0 Å². The highest BCUT2D eigenvalue weighted by Gasteiger charge is 2.29. The summed E-state index contributed by atoms with van der Waals surface area (Å²) in [7, 11) is 0. The second-order valence-electron chi connectivity index (χ2n) is 3.63. The number of carbonyl (C=O) groups excluding carboxylic acids is 2. The lowest BCUT2D eigenvalue weighted by Gasteiger charge is -2.18. The Hall–Kier alpha value is -1.39. The van der Waals surface area contributed by atoms with Gasteiger partial charge in [0, 0.05) is 10.6 Å². The minimum atomic E-state index is -0.248. The summed E-state index contributed by atoms with van der Waals surface area (Å²) in [6.45, 7) is -0.128.